The van der Waals surface area contributed by atoms with E-state index in [2.05, 4.69) is 15.1 Å². The summed E-state index contributed by atoms with van der Waals surface area (Å²) in [6, 6.07) is 1.79. The SMILES string of the molecule is Nc1cncc(-c2nc(CSC3CCCC3)no2)c1. The highest BCUT2D eigenvalue weighted by atomic mass is 32.2. The molecule has 0 saturated heterocycles. The maximum absolute atomic E-state index is 5.69. The summed E-state index contributed by atoms with van der Waals surface area (Å²) in [6.07, 6.45) is 8.60. The van der Waals surface area contributed by atoms with Crippen LogP contribution in [0.5, 0.6) is 0 Å². The molecule has 19 heavy (non-hydrogen) atoms. The quantitative estimate of drug-likeness (QED) is 0.925. The Morgan fingerprint density at radius 3 is 2.95 bits per heavy atom. The van der Waals surface area contributed by atoms with Crippen LogP contribution in [-0.4, -0.2) is 20.4 Å². The van der Waals surface area contributed by atoms with E-state index in [1.165, 1.54) is 25.7 Å². The van der Waals surface area contributed by atoms with Crippen LogP contribution in [0.25, 0.3) is 11.5 Å². The first-order valence-corrected chi connectivity index (χ1v) is 7.51. The van der Waals surface area contributed by atoms with E-state index >= 15 is 0 Å². The zero-order chi connectivity index (χ0) is 13.1. The molecule has 2 heterocycles. The van der Waals surface area contributed by atoms with Gasteiger partial charge in [-0.25, -0.2) is 0 Å². The minimum atomic E-state index is 0.488. The number of hydrogen-bond acceptors (Lipinski definition) is 6. The summed E-state index contributed by atoms with van der Waals surface area (Å²) in [4.78, 5) is 8.41. The van der Waals surface area contributed by atoms with E-state index < -0.39 is 0 Å². The summed E-state index contributed by atoms with van der Waals surface area (Å²) in [5.74, 6) is 2.04. The lowest BCUT2D eigenvalue weighted by molar-refractivity contribution is 0.425. The zero-order valence-electron chi connectivity index (χ0n) is 10.6. The highest BCUT2D eigenvalue weighted by Crippen LogP contribution is 2.31. The number of thioether (sulfide) groups is 1. The first-order chi connectivity index (χ1) is 9.31. The van der Waals surface area contributed by atoms with E-state index in [9.17, 15) is 0 Å². The van der Waals surface area contributed by atoms with Gasteiger partial charge in [0.25, 0.3) is 5.89 Å². The third kappa shape index (κ3) is 3.07. The molecule has 100 valence electrons. The number of rotatable bonds is 4. The second-order valence-corrected chi connectivity index (χ2v) is 6.03. The lowest BCUT2D eigenvalue weighted by atomic mass is 10.2. The Bertz CT molecular complexity index is 551. The molecular formula is C13H16N4OS. The Morgan fingerprint density at radius 2 is 2.16 bits per heavy atom. The van der Waals surface area contributed by atoms with Crippen molar-refractivity contribution < 1.29 is 4.52 Å². The Morgan fingerprint density at radius 1 is 1.32 bits per heavy atom. The lowest BCUT2D eigenvalue weighted by Crippen LogP contribution is -1.95. The average molecular weight is 276 g/mol. The summed E-state index contributed by atoms with van der Waals surface area (Å²) in [5.41, 5.74) is 7.05. The van der Waals surface area contributed by atoms with Crippen LogP contribution in [0.15, 0.2) is 23.0 Å². The van der Waals surface area contributed by atoms with Crippen LogP contribution in [0, 0.1) is 0 Å². The molecule has 0 aliphatic heterocycles. The van der Waals surface area contributed by atoms with Gasteiger partial charge in [0, 0.05) is 17.6 Å². The van der Waals surface area contributed by atoms with Gasteiger partial charge in [-0.15, -0.1) is 0 Å². The standard InChI is InChI=1S/C13H16N4OS/c14-10-5-9(6-15-7-10)13-16-12(17-18-13)8-19-11-3-1-2-4-11/h5-7,11H,1-4,8,14H2. The van der Waals surface area contributed by atoms with Gasteiger partial charge in [-0.1, -0.05) is 18.0 Å². The van der Waals surface area contributed by atoms with E-state index in [0.717, 1.165) is 22.4 Å². The normalized spacial score (nSPS) is 16.0. The van der Waals surface area contributed by atoms with Crippen molar-refractivity contribution in [3.05, 3.63) is 24.3 Å². The fraction of sp³-hybridized carbons (Fsp3) is 0.462. The maximum atomic E-state index is 5.69. The zero-order valence-corrected chi connectivity index (χ0v) is 11.4. The van der Waals surface area contributed by atoms with E-state index in [1.807, 2.05) is 11.8 Å². The van der Waals surface area contributed by atoms with Crippen molar-refractivity contribution in [3.8, 4) is 11.5 Å². The van der Waals surface area contributed by atoms with E-state index in [0.29, 0.717) is 11.6 Å². The second-order valence-electron chi connectivity index (χ2n) is 4.74. The Balaban J connectivity index is 1.65. The molecule has 6 heteroatoms. The Kier molecular flexibility index (Phi) is 3.68. The van der Waals surface area contributed by atoms with Gasteiger partial charge in [0.1, 0.15) is 0 Å². The van der Waals surface area contributed by atoms with Crippen LogP contribution in [0.4, 0.5) is 5.69 Å². The molecule has 3 rings (SSSR count). The monoisotopic (exact) mass is 276 g/mol. The highest BCUT2D eigenvalue weighted by Gasteiger charge is 2.17. The molecule has 1 aliphatic rings. The molecule has 0 bridgehead atoms. The second kappa shape index (κ2) is 5.61. The fourth-order valence-electron chi connectivity index (χ4n) is 2.25. The number of hydrogen-bond donors (Lipinski definition) is 1. The van der Waals surface area contributed by atoms with Crippen molar-refractivity contribution in [3.63, 3.8) is 0 Å². The average Bonchev–Trinajstić information content (AvgIpc) is 3.08. The van der Waals surface area contributed by atoms with Crippen LogP contribution in [0.2, 0.25) is 0 Å². The topological polar surface area (TPSA) is 77.8 Å². The van der Waals surface area contributed by atoms with Gasteiger partial charge < -0.3 is 10.3 Å². The number of nitrogens with two attached hydrogens (primary N) is 1. The lowest BCUT2D eigenvalue weighted by Gasteiger charge is -2.04. The molecule has 1 aliphatic carbocycles. The summed E-state index contributed by atoms with van der Waals surface area (Å²) < 4.78 is 5.25. The number of nitrogen functional groups attached to an aromatic ring is 1. The van der Waals surface area contributed by atoms with Gasteiger partial charge in [-0.05, 0) is 18.9 Å². The van der Waals surface area contributed by atoms with Gasteiger partial charge in [0.2, 0.25) is 0 Å². The largest absolute Gasteiger partial charge is 0.397 e. The molecule has 0 unspecified atom stereocenters. The maximum Gasteiger partial charge on any atom is 0.259 e. The molecule has 2 aromatic rings. The fourth-order valence-corrected chi connectivity index (χ4v) is 3.42. The smallest absolute Gasteiger partial charge is 0.259 e. The molecule has 0 spiro atoms. The van der Waals surface area contributed by atoms with Crippen molar-refractivity contribution in [2.75, 3.05) is 5.73 Å². The number of nitrogens with zero attached hydrogens (tertiary/aromatic N) is 3. The van der Waals surface area contributed by atoms with Crippen LogP contribution in [-0.2, 0) is 5.75 Å². The molecule has 0 atom stereocenters. The van der Waals surface area contributed by atoms with Crippen LogP contribution >= 0.6 is 11.8 Å². The number of anilines is 1. The van der Waals surface area contributed by atoms with Crippen molar-refractivity contribution in [2.45, 2.75) is 36.7 Å². The van der Waals surface area contributed by atoms with E-state index in [1.54, 1.807) is 18.5 Å². The van der Waals surface area contributed by atoms with Gasteiger partial charge in [0.15, 0.2) is 5.82 Å². The molecular weight excluding hydrogens is 260 g/mol. The summed E-state index contributed by atoms with van der Waals surface area (Å²) in [6.45, 7) is 0. The summed E-state index contributed by atoms with van der Waals surface area (Å²) >= 11 is 1.92. The molecule has 0 aromatic carbocycles. The predicted octanol–water partition coefficient (Wildman–Crippen LogP) is 2.89. The molecule has 1 saturated carbocycles. The van der Waals surface area contributed by atoms with Crippen LogP contribution in [0.3, 0.4) is 0 Å². The van der Waals surface area contributed by atoms with Crippen molar-refractivity contribution in [1.29, 1.82) is 0 Å². The molecule has 2 aromatic heterocycles. The predicted molar refractivity (Wildman–Crippen MR) is 75.5 cm³/mol. The molecule has 2 N–H and O–H groups in total. The van der Waals surface area contributed by atoms with Gasteiger partial charge in [0.05, 0.1) is 17.0 Å². The van der Waals surface area contributed by atoms with Gasteiger partial charge >= 0.3 is 0 Å². The van der Waals surface area contributed by atoms with Crippen molar-refractivity contribution in [2.24, 2.45) is 0 Å². The van der Waals surface area contributed by atoms with Gasteiger partial charge in [-0.3, -0.25) is 4.98 Å². The van der Waals surface area contributed by atoms with E-state index in [-0.39, 0.29) is 0 Å². The minimum absolute atomic E-state index is 0.488. The van der Waals surface area contributed by atoms with Crippen molar-refractivity contribution in [1.82, 2.24) is 15.1 Å². The first-order valence-electron chi connectivity index (χ1n) is 6.46. The number of aromatic nitrogens is 3. The molecule has 5 nitrogen and oxygen atoms in total. The molecule has 0 amide bonds. The summed E-state index contributed by atoms with van der Waals surface area (Å²) in [7, 11) is 0. The molecule has 1 fully saturated rings. The van der Waals surface area contributed by atoms with Crippen LogP contribution in [0.1, 0.15) is 31.5 Å². The molecule has 0 radical (unpaired) electrons. The third-order valence-electron chi connectivity index (χ3n) is 3.22. The first kappa shape index (κ1) is 12.5. The highest BCUT2D eigenvalue weighted by molar-refractivity contribution is 7.99. The van der Waals surface area contributed by atoms with Gasteiger partial charge in [-0.2, -0.15) is 16.7 Å². The van der Waals surface area contributed by atoms with Crippen LogP contribution < -0.4 is 5.73 Å². The Hall–Kier alpha value is -1.56. The van der Waals surface area contributed by atoms with E-state index in [4.69, 9.17) is 10.3 Å². The summed E-state index contributed by atoms with van der Waals surface area (Å²) in [5, 5.41) is 4.77. The van der Waals surface area contributed by atoms with Crippen molar-refractivity contribution >= 4 is 17.4 Å². The number of pyridine rings is 1. The minimum Gasteiger partial charge on any atom is -0.397 e. The third-order valence-corrected chi connectivity index (χ3v) is 4.59. The Labute approximate surface area is 116 Å².